The molecule has 0 bridgehead atoms. The number of ether oxygens (including phenoxy) is 2. The van der Waals surface area contributed by atoms with Crippen LogP contribution in [0.3, 0.4) is 0 Å². The highest BCUT2D eigenvalue weighted by atomic mass is 16.6. The van der Waals surface area contributed by atoms with E-state index < -0.39 is 36.0 Å². The first kappa shape index (κ1) is 29.6. The van der Waals surface area contributed by atoms with E-state index in [2.05, 4.69) is 0 Å². The molecule has 0 aliphatic carbocycles. The van der Waals surface area contributed by atoms with Gasteiger partial charge < -0.3 is 19.7 Å². The lowest BCUT2D eigenvalue weighted by molar-refractivity contribution is -0.160. The maximum atomic E-state index is 12.6. The fourth-order valence-corrected chi connectivity index (χ4v) is 5.01. The van der Waals surface area contributed by atoms with Crippen LogP contribution in [-0.2, 0) is 28.7 Å². The van der Waals surface area contributed by atoms with Crippen LogP contribution in [0.15, 0.2) is 22.7 Å². The van der Waals surface area contributed by atoms with E-state index in [1.165, 1.54) is 0 Å². The molecule has 2 saturated heterocycles. The molecule has 2 aliphatic rings. The summed E-state index contributed by atoms with van der Waals surface area (Å²) in [5, 5.41) is 20.7. The summed E-state index contributed by atoms with van der Waals surface area (Å²) in [7, 11) is 0. The van der Waals surface area contributed by atoms with Crippen LogP contribution in [0.1, 0.15) is 92.9 Å². The first-order valence-corrected chi connectivity index (χ1v) is 13.2. The summed E-state index contributed by atoms with van der Waals surface area (Å²) in [6.45, 7) is 11.0. The lowest BCUT2D eigenvalue weighted by Crippen LogP contribution is -2.43. The fraction of sp³-hybridized carbons (Fsp3) is 0.714. The largest absolute Gasteiger partial charge is 0.511 e. The van der Waals surface area contributed by atoms with Gasteiger partial charge in [-0.1, -0.05) is 67.2 Å². The van der Waals surface area contributed by atoms with Gasteiger partial charge in [-0.05, 0) is 24.7 Å². The highest BCUT2D eigenvalue weighted by Gasteiger charge is 2.42. The van der Waals surface area contributed by atoms with E-state index in [-0.39, 0.29) is 58.9 Å². The number of hydrogen-bond donors (Lipinski definition) is 2. The minimum atomic E-state index is -0.738. The summed E-state index contributed by atoms with van der Waals surface area (Å²) < 4.78 is 10.8. The molecule has 4 atom stereocenters. The summed E-state index contributed by atoms with van der Waals surface area (Å²) >= 11 is 0. The van der Waals surface area contributed by atoms with Gasteiger partial charge in [0, 0.05) is 12.8 Å². The van der Waals surface area contributed by atoms with Crippen LogP contribution in [0.5, 0.6) is 0 Å². The third-order valence-corrected chi connectivity index (χ3v) is 7.17. The number of aliphatic hydroxyl groups is 2. The summed E-state index contributed by atoms with van der Waals surface area (Å²) in [4.78, 5) is 49.7. The first-order chi connectivity index (χ1) is 16.9. The Hall–Kier alpha value is -2.64. The molecule has 0 aromatic heterocycles. The maximum Gasteiger partial charge on any atom is 0.345 e. The average molecular weight is 507 g/mol. The molecular formula is C28H42O8. The average Bonchev–Trinajstić information content (AvgIpc) is 2.80. The number of cyclic esters (lactones) is 2. The Bertz CT molecular complexity index is 837. The number of carbonyl (C=O) groups is 4. The SMILES string of the molecule is CC(C)[C@H]1OC(=O)C(=C(O)CCCCCCCCC(O)=C2C(=O)O[C@H](C(C)C)C(C)C2=O)C(=O)C1C. The minimum Gasteiger partial charge on any atom is -0.511 e. The molecule has 0 aromatic carbocycles. The van der Waals surface area contributed by atoms with Crippen LogP contribution in [0.4, 0.5) is 0 Å². The van der Waals surface area contributed by atoms with Crippen molar-refractivity contribution in [3.8, 4) is 0 Å². The van der Waals surface area contributed by atoms with Crippen LogP contribution in [0.2, 0.25) is 0 Å². The summed E-state index contributed by atoms with van der Waals surface area (Å²) in [6, 6.07) is 0. The molecule has 2 aliphatic heterocycles. The molecule has 2 rings (SSSR count). The van der Waals surface area contributed by atoms with Gasteiger partial charge >= 0.3 is 11.9 Å². The second-order valence-electron chi connectivity index (χ2n) is 10.8. The maximum absolute atomic E-state index is 12.6. The third kappa shape index (κ3) is 6.98. The van der Waals surface area contributed by atoms with E-state index in [0.717, 1.165) is 25.7 Å². The number of ketones is 2. The van der Waals surface area contributed by atoms with Gasteiger partial charge in [0.05, 0.1) is 11.8 Å². The summed E-state index contributed by atoms with van der Waals surface area (Å²) in [5.41, 5.74) is -0.430. The van der Waals surface area contributed by atoms with E-state index in [0.29, 0.717) is 12.8 Å². The fourth-order valence-electron chi connectivity index (χ4n) is 5.01. The van der Waals surface area contributed by atoms with Gasteiger partial charge in [-0.3, -0.25) is 9.59 Å². The molecule has 0 saturated carbocycles. The van der Waals surface area contributed by atoms with Crippen LogP contribution >= 0.6 is 0 Å². The highest BCUT2D eigenvalue weighted by molar-refractivity contribution is 6.20. The lowest BCUT2D eigenvalue weighted by atomic mass is 9.84. The molecule has 2 N–H and O–H groups in total. The number of rotatable bonds is 11. The van der Waals surface area contributed by atoms with E-state index in [4.69, 9.17) is 9.47 Å². The van der Waals surface area contributed by atoms with Crippen molar-refractivity contribution in [2.45, 2.75) is 105 Å². The second kappa shape index (κ2) is 13.1. The smallest absolute Gasteiger partial charge is 0.345 e. The molecule has 8 heteroatoms. The third-order valence-electron chi connectivity index (χ3n) is 7.17. The normalized spacial score (nSPS) is 27.9. The zero-order chi connectivity index (χ0) is 27.2. The van der Waals surface area contributed by atoms with Crippen molar-refractivity contribution in [1.82, 2.24) is 0 Å². The van der Waals surface area contributed by atoms with Gasteiger partial charge in [-0.15, -0.1) is 0 Å². The Kier molecular flexibility index (Phi) is 10.7. The quantitative estimate of drug-likeness (QED) is 0.127. The molecule has 0 spiro atoms. The molecule has 2 unspecified atom stereocenters. The predicted molar refractivity (Wildman–Crippen MR) is 134 cm³/mol. The van der Waals surface area contributed by atoms with Crippen LogP contribution in [0, 0.1) is 23.7 Å². The monoisotopic (exact) mass is 506 g/mol. The molecular weight excluding hydrogens is 464 g/mol. The topological polar surface area (TPSA) is 127 Å². The molecule has 36 heavy (non-hydrogen) atoms. The molecule has 2 fully saturated rings. The van der Waals surface area contributed by atoms with Gasteiger partial charge in [-0.2, -0.15) is 0 Å². The number of esters is 2. The van der Waals surface area contributed by atoms with Gasteiger partial charge in [0.2, 0.25) is 0 Å². The second-order valence-corrected chi connectivity index (χ2v) is 10.8. The van der Waals surface area contributed by atoms with Gasteiger partial charge in [-0.25, -0.2) is 9.59 Å². The van der Waals surface area contributed by atoms with Crippen molar-refractivity contribution < 1.29 is 38.9 Å². The van der Waals surface area contributed by atoms with Crippen molar-refractivity contribution in [3.63, 3.8) is 0 Å². The Morgan fingerprint density at radius 2 is 0.944 bits per heavy atom. The standard InChI is InChI=1S/C28H42O8/c1-15(2)25-17(5)23(31)21(27(33)35-25)19(29)13-11-9-7-8-10-12-14-20(30)22-24(32)18(6)26(16(3)4)36-28(22)34/h15-18,25-26,29-30H,7-14H2,1-6H3/t17?,18?,25-,26-/m1/s1. The molecule has 8 nitrogen and oxygen atoms in total. The molecule has 0 radical (unpaired) electrons. The Morgan fingerprint density at radius 1 is 0.639 bits per heavy atom. The van der Waals surface area contributed by atoms with Crippen LogP contribution in [0.25, 0.3) is 0 Å². The van der Waals surface area contributed by atoms with E-state index in [9.17, 15) is 29.4 Å². The Morgan fingerprint density at radius 3 is 1.25 bits per heavy atom. The van der Waals surface area contributed by atoms with Crippen molar-refractivity contribution >= 4 is 23.5 Å². The van der Waals surface area contributed by atoms with E-state index in [1.54, 1.807) is 13.8 Å². The van der Waals surface area contributed by atoms with Crippen molar-refractivity contribution in [3.05, 3.63) is 22.7 Å². The van der Waals surface area contributed by atoms with Crippen molar-refractivity contribution in [2.75, 3.05) is 0 Å². The molecule has 0 aromatic rings. The zero-order valence-corrected chi connectivity index (χ0v) is 22.5. The number of Topliss-reactive ketones (excluding diaryl/α,β-unsaturated/α-hetero) is 2. The van der Waals surface area contributed by atoms with Gasteiger partial charge in [0.25, 0.3) is 0 Å². The number of unbranched alkanes of at least 4 members (excludes halogenated alkanes) is 5. The number of aliphatic hydroxyl groups excluding tert-OH is 2. The zero-order valence-electron chi connectivity index (χ0n) is 22.5. The van der Waals surface area contributed by atoms with Crippen LogP contribution in [-0.4, -0.2) is 45.9 Å². The Balaban J connectivity index is 1.74. The lowest BCUT2D eigenvalue weighted by Gasteiger charge is -2.31. The summed E-state index contributed by atoms with van der Waals surface area (Å²) in [6.07, 6.45) is 4.14. The van der Waals surface area contributed by atoms with E-state index in [1.807, 2.05) is 27.7 Å². The number of carbonyl (C=O) groups excluding carboxylic acids is 4. The van der Waals surface area contributed by atoms with Crippen molar-refractivity contribution in [2.24, 2.45) is 23.7 Å². The van der Waals surface area contributed by atoms with Crippen LogP contribution < -0.4 is 0 Å². The molecule has 2 heterocycles. The van der Waals surface area contributed by atoms with Crippen molar-refractivity contribution in [1.29, 1.82) is 0 Å². The summed E-state index contributed by atoms with van der Waals surface area (Å²) in [5.74, 6) is -3.50. The van der Waals surface area contributed by atoms with E-state index >= 15 is 0 Å². The number of allylic oxidation sites excluding steroid dienone is 2. The highest BCUT2D eigenvalue weighted by Crippen LogP contribution is 2.31. The molecule has 202 valence electrons. The molecule has 0 amide bonds. The number of hydrogen-bond acceptors (Lipinski definition) is 8. The predicted octanol–water partition coefficient (Wildman–Crippen LogP) is 5.30. The first-order valence-electron chi connectivity index (χ1n) is 13.2. The van der Waals surface area contributed by atoms with Gasteiger partial charge in [0.1, 0.15) is 34.9 Å². The Labute approximate surface area is 214 Å². The minimum absolute atomic E-state index is 0.0208. The van der Waals surface area contributed by atoms with Gasteiger partial charge in [0.15, 0.2) is 11.6 Å².